The number of nitrogens with zero attached hydrogens (tertiary/aromatic N) is 3. The van der Waals surface area contributed by atoms with Gasteiger partial charge in [-0.05, 0) is 31.6 Å². The van der Waals surface area contributed by atoms with Crippen molar-refractivity contribution in [3.8, 4) is 0 Å². The van der Waals surface area contributed by atoms with Crippen molar-refractivity contribution in [2.75, 3.05) is 24.6 Å². The number of anilines is 1. The lowest BCUT2D eigenvalue weighted by Gasteiger charge is -2.30. The predicted octanol–water partition coefficient (Wildman–Crippen LogP) is 0.530. The predicted molar refractivity (Wildman–Crippen MR) is 66.2 cm³/mol. The van der Waals surface area contributed by atoms with Crippen molar-refractivity contribution in [2.45, 2.75) is 38.3 Å². The zero-order chi connectivity index (χ0) is 12.4. The molecule has 0 bridgehead atoms. The standard InChI is InChI=1S/C12H20N4O2/c17-8-9-2-1-5-16(7-9)12-15-14-11(18-12)6-13-10-3-4-10/h9-10,13,17H,1-8H2. The first-order valence-electron chi connectivity index (χ1n) is 6.76. The Morgan fingerprint density at radius 3 is 3.00 bits per heavy atom. The fourth-order valence-electron chi connectivity index (χ4n) is 2.35. The first-order chi connectivity index (χ1) is 8.85. The summed E-state index contributed by atoms with van der Waals surface area (Å²) in [6, 6.07) is 1.25. The van der Waals surface area contributed by atoms with Gasteiger partial charge in [0, 0.05) is 25.7 Å². The van der Waals surface area contributed by atoms with E-state index >= 15 is 0 Å². The maximum Gasteiger partial charge on any atom is 0.318 e. The van der Waals surface area contributed by atoms with Crippen LogP contribution in [0.4, 0.5) is 6.01 Å². The second kappa shape index (κ2) is 5.24. The molecule has 0 amide bonds. The van der Waals surface area contributed by atoms with E-state index in [-0.39, 0.29) is 6.61 Å². The second-order valence-electron chi connectivity index (χ2n) is 5.27. The second-order valence-corrected chi connectivity index (χ2v) is 5.27. The number of rotatable bonds is 5. The van der Waals surface area contributed by atoms with Gasteiger partial charge in [0.05, 0.1) is 6.54 Å². The molecule has 6 heteroatoms. The normalized spacial score (nSPS) is 24.5. The molecule has 1 saturated carbocycles. The molecule has 18 heavy (non-hydrogen) atoms. The van der Waals surface area contributed by atoms with Crippen LogP contribution in [0.5, 0.6) is 0 Å². The third-order valence-electron chi connectivity index (χ3n) is 3.62. The molecule has 1 aliphatic heterocycles. The van der Waals surface area contributed by atoms with Crippen LogP contribution in [0.15, 0.2) is 4.42 Å². The molecule has 2 fully saturated rings. The van der Waals surface area contributed by atoms with Crippen LogP contribution in [-0.4, -0.2) is 41.0 Å². The summed E-state index contributed by atoms with van der Waals surface area (Å²) in [5, 5.41) is 20.7. The van der Waals surface area contributed by atoms with Crippen molar-refractivity contribution in [3.63, 3.8) is 0 Å². The Labute approximate surface area is 106 Å². The van der Waals surface area contributed by atoms with Crippen LogP contribution in [0.2, 0.25) is 0 Å². The monoisotopic (exact) mass is 252 g/mol. The Morgan fingerprint density at radius 1 is 1.33 bits per heavy atom. The summed E-state index contributed by atoms with van der Waals surface area (Å²) in [4.78, 5) is 2.08. The lowest BCUT2D eigenvalue weighted by molar-refractivity contribution is 0.206. The highest BCUT2D eigenvalue weighted by atomic mass is 16.4. The van der Waals surface area contributed by atoms with Gasteiger partial charge in [-0.3, -0.25) is 0 Å². The van der Waals surface area contributed by atoms with Crippen LogP contribution < -0.4 is 10.2 Å². The van der Waals surface area contributed by atoms with Gasteiger partial charge in [0.25, 0.3) is 0 Å². The van der Waals surface area contributed by atoms with Gasteiger partial charge in [0.15, 0.2) is 0 Å². The van der Waals surface area contributed by atoms with Gasteiger partial charge < -0.3 is 19.7 Å². The molecule has 2 heterocycles. The van der Waals surface area contributed by atoms with Gasteiger partial charge in [-0.2, -0.15) is 0 Å². The molecule has 1 aromatic rings. The minimum Gasteiger partial charge on any atom is -0.407 e. The van der Waals surface area contributed by atoms with Crippen molar-refractivity contribution < 1.29 is 9.52 Å². The van der Waals surface area contributed by atoms with Gasteiger partial charge in [-0.25, -0.2) is 0 Å². The third kappa shape index (κ3) is 2.81. The molecule has 6 nitrogen and oxygen atoms in total. The smallest absolute Gasteiger partial charge is 0.318 e. The lowest BCUT2D eigenvalue weighted by Crippen LogP contribution is -2.37. The van der Waals surface area contributed by atoms with E-state index in [9.17, 15) is 5.11 Å². The van der Waals surface area contributed by atoms with Crippen LogP contribution >= 0.6 is 0 Å². The van der Waals surface area contributed by atoms with Crippen molar-refractivity contribution in [1.29, 1.82) is 0 Å². The van der Waals surface area contributed by atoms with Crippen LogP contribution in [-0.2, 0) is 6.54 Å². The molecule has 1 unspecified atom stereocenters. The maximum absolute atomic E-state index is 9.21. The number of aromatic nitrogens is 2. The molecule has 0 aromatic carbocycles. The number of hydrogen-bond donors (Lipinski definition) is 2. The molecular formula is C12H20N4O2. The summed E-state index contributed by atoms with van der Waals surface area (Å²) < 4.78 is 5.65. The highest BCUT2D eigenvalue weighted by Gasteiger charge is 2.24. The summed E-state index contributed by atoms with van der Waals surface area (Å²) in [6.07, 6.45) is 4.66. The fraction of sp³-hybridized carbons (Fsp3) is 0.833. The molecular weight excluding hydrogens is 232 g/mol. The highest BCUT2D eigenvalue weighted by Crippen LogP contribution is 2.22. The Morgan fingerprint density at radius 2 is 2.22 bits per heavy atom. The van der Waals surface area contributed by atoms with Crippen molar-refractivity contribution in [3.05, 3.63) is 5.89 Å². The van der Waals surface area contributed by atoms with E-state index in [1.54, 1.807) is 0 Å². The molecule has 1 saturated heterocycles. The average Bonchev–Trinajstić information content (AvgIpc) is 3.13. The van der Waals surface area contributed by atoms with E-state index < -0.39 is 0 Å². The van der Waals surface area contributed by atoms with E-state index in [4.69, 9.17) is 4.42 Å². The molecule has 1 aromatic heterocycles. The SMILES string of the molecule is OCC1CCCN(c2nnc(CNC3CC3)o2)C1. The van der Waals surface area contributed by atoms with Crippen molar-refractivity contribution >= 4 is 6.01 Å². The molecule has 1 atom stereocenters. The summed E-state index contributed by atoms with van der Waals surface area (Å²) in [6.45, 7) is 2.65. The number of aliphatic hydroxyl groups is 1. The number of hydrogen-bond acceptors (Lipinski definition) is 6. The van der Waals surface area contributed by atoms with Crippen molar-refractivity contribution in [2.24, 2.45) is 5.92 Å². The molecule has 1 aliphatic carbocycles. The summed E-state index contributed by atoms with van der Waals surface area (Å²) in [5.74, 6) is 0.988. The third-order valence-corrected chi connectivity index (χ3v) is 3.62. The van der Waals surface area contributed by atoms with E-state index in [0.29, 0.717) is 30.4 Å². The van der Waals surface area contributed by atoms with Gasteiger partial charge in [0.2, 0.25) is 5.89 Å². The minimum absolute atomic E-state index is 0.237. The first-order valence-corrected chi connectivity index (χ1v) is 6.76. The van der Waals surface area contributed by atoms with Crippen LogP contribution in [0.25, 0.3) is 0 Å². The van der Waals surface area contributed by atoms with Crippen LogP contribution in [0.1, 0.15) is 31.6 Å². The van der Waals surface area contributed by atoms with Gasteiger partial charge in [-0.1, -0.05) is 5.10 Å². The summed E-state index contributed by atoms with van der Waals surface area (Å²) >= 11 is 0. The lowest BCUT2D eigenvalue weighted by atomic mass is 10.00. The molecule has 0 spiro atoms. The highest BCUT2D eigenvalue weighted by molar-refractivity contribution is 5.25. The zero-order valence-electron chi connectivity index (χ0n) is 10.5. The Hall–Kier alpha value is -1.14. The van der Waals surface area contributed by atoms with E-state index in [1.165, 1.54) is 12.8 Å². The molecule has 3 rings (SSSR count). The van der Waals surface area contributed by atoms with Crippen molar-refractivity contribution in [1.82, 2.24) is 15.5 Å². The molecule has 100 valence electrons. The fourth-order valence-corrected chi connectivity index (χ4v) is 2.35. The minimum atomic E-state index is 0.237. The van der Waals surface area contributed by atoms with Gasteiger partial charge >= 0.3 is 6.01 Å². The summed E-state index contributed by atoms with van der Waals surface area (Å²) in [7, 11) is 0. The molecule has 0 radical (unpaired) electrons. The largest absolute Gasteiger partial charge is 0.407 e. The first kappa shape index (κ1) is 11.9. The Balaban J connectivity index is 1.57. The van der Waals surface area contributed by atoms with Crippen LogP contribution in [0, 0.1) is 5.92 Å². The molecule has 2 N–H and O–H groups in total. The van der Waals surface area contributed by atoms with Gasteiger partial charge in [0.1, 0.15) is 0 Å². The zero-order valence-corrected chi connectivity index (χ0v) is 10.5. The number of piperidine rings is 1. The quantitative estimate of drug-likeness (QED) is 0.796. The summed E-state index contributed by atoms with van der Waals surface area (Å²) in [5.41, 5.74) is 0. The Kier molecular flexibility index (Phi) is 3.47. The maximum atomic E-state index is 9.21. The number of nitrogens with one attached hydrogen (secondary N) is 1. The van der Waals surface area contributed by atoms with E-state index in [1.807, 2.05) is 0 Å². The number of aliphatic hydroxyl groups excluding tert-OH is 1. The average molecular weight is 252 g/mol. The topological polar surface area (TPSA) is 74.4 Å². The Bertz CT molecular complexity index is 391. The molecule has 2 aliphatic rings. The van der Waals surface area contributed by atoms with Crippen LogP contribution in [0.3, 0.4) is 0 Å². The van der Waals surface area contributed by atoms with Gasteiger partial charge in [-0.15, -0.1) is 5.10 Å². The van der Waals surface area contributed by atoms with E-state index in [2.05, 4.69) is 20.4 Å². The van der Waals surface area contributed by atoms with E-state index in [0.717, 1.165) is 25.9 Å².